The standard InChI is InChI=1S/C22H24N4O3/c1-14(26-15(2)23-17-8-4-5-9-18(17)26)22(28)24-16-12-21(27)25(13-16)19-10-6-7-11-20(19)29-3/h4-11,14,16H,12-13H2,1-3H3,(H,24,28)/t14-,16+/m1/s1. The first-order chi connectivity index (χ1) is 14.0. The molecule has 2 aromatic carbocycles. The Morgan fingerprint density at radius 2 is 1.93 bits per heavy atom. The zero-order valence-corrected chi connectivity index (χ0v) is 16.8. The van der Waals surface area contributed by atoms with Crippen molar-refractivity contribution in [1.29, 1.82) is 0 Å². The number of hydrogen-bond acceptors (Lipinski definition) is 4. The van der Waals surface area contributed by atoms with Gasteiger partial charge in [-0.1, -0.05) is 24.3 Å². The molecule has 0 radical (unpaired) electrons. The van der Waals surface area contributed by atoms with Crippen molar-refractivity contribution < 1.29 is 14.3 Å². The Kier molecular flexibility index (Phi) is 4.96. The second-order valence-corrected chi connectivity index (χ2v) is 7.28. The molecule has 29 heavy (non-hydrogen) atoms. The molecule has 4 rings (SSSR count). The molecule has 0 bridgehead atoms. The van der Waals surface area contributed by atoms with Gasteiger partial charge < -0.3 is 19.5 Å². The maximum atomic E-state index is 13.0. The largest absolute Gasteiger partial charge is 0.495 e. The zero-order chi connectivity index (χ0) is 20.5. The molecule has 1 saturated heterocycles. The van der Waals surface area contributed by atoms with Gasteiger partial charge in [0.05, 0.1) is 29.9 Å². The number of imidazole rings is 1. The van der Waals surface area contributed by atoms with Gasteiger partial charge in [0.2, 0.25) is 11.8 Å². The van der Waals surface area contributed by atoms with Crippen LogP contribution in [-0.4, -0.2) is 41.1 Å². The third kappa shape index (κ3) is 3.44. The number of ether oxygens (including phenoxy) is 1. The van der Waals surface area contributed by atoms with Crippen LogP contribution in [0.4, 0.5) is 5.69 Å². The van der Waals surface area contributed by atoms with Crippen LogP contribution in [0, 0.1) is 6.92 Å². The molecule has 2 heterocycles. The monoisotopic (exact) mass is 392 g/mol. The number of anilines is 1. The lowest BCUT2D eigenvalue weighted by molar-refractivity contribution is -0.124. The van der Waals surface area contributed by atoms with Gasteiger partial charge in [-0.25, -0.2) is 4.98 Å². The van der Waals surface area contributed by atoms with E-state index >= 15 is 0 Å². The van der Waals surface area contributed by atoms with Crippen LogP contribution in [0.5, 0.6) is 5.75 Å². The van der Waals surface area contributed by atoms with E-state index in [0.29, 0.717) is 12.3 Å². The van der Waals surface area contributed by atoms with Gasteiger partial charge in [0, 0.05) is 13.0 Å². The minimum Gasteiger partial charge on any atom is -0.495 e. The van der Waals surface area contributed by atoms with Crippen molar-refractivity contribution in [3.63, 3.8) is 0 Å². The molecule has 1 N–H and O–H groups in total. The molecular formula is C22H24N4O3. The molecular weight excluding hydrogens is 368 g/mol. The van der Waals surface area contributed by atoms with E-state index in [-0.39, 0.29) is 24.3 Å². The normalized spacial score (nSPS) is 17.6. The average molecular weight is 392 g/mol. The Balaban J connectivity index is 1.50. The Hall–Kier alpha value is -3.35. The number of para-hydroxylation sites is 4. The number of rotatable bonds is 5. The fourth-order valence-corrected chi connectivity index (χ4v) is 3.98. The maximum absolute atomic E-state index is 13.0. The van der Waals surface area contributed by atoms with E-state index in [1.807, 2.05) is 66.9 Å². The number of nitrogens with one attached hydrogen (secondary N) is 1. The fourth-order valence-electron chi connectivity index (χ4n) is 3.98. The predicted octanol–water partition coefficient (Wildman–Crippen LogP) is 2.84. The highest BCUT2D eigenvalue weighted by Crippen LogP contribution is 2.31. The van der Waals surface area contributed by atoms with Crippen molar-refractivity contribution >= 4 is 28.5 Å². The highest BCUT2D eigenvalue weighted by atomic mass is 16.5. The molecule has 3 aromatic rings. The van der Waals surface area contributed by atoms with Crippen molar-refractivity contribution in [2.45, 2.75) is 32.4 Å². The Bertz CT molecular complexity index is 1070. The quantitative estimate of drug-likeness (QED) is 0.724. The van der Waals surface area contributed by atoms with E-state index < -0.39 is 6.04 Å². The van der Waals surface area contributed by atoms with Crippen LogP contribution in [0.2, 0.25) is 0 Å². The van der Waals surface area contributed by atoms with Crippen molar-refractivity contribution in [3.8, 4) is 5.75 Å². The van der Waals surface area contributed by atoms with Gasteiger partial charge in [-0.15, -0.1) is 0 Å². The molecule has 150 valence electrons. The Morgan fingerprint density at radius 1 is 1.21 bits per heavy atom. The molecule has 0 aliphatic carbocycles. The second kappa shape index (κ2) is 7.58. The molecule has 7 nitrogen and oxygen atoms in total. The zero-order valence-electron chi connectivity index (χ0n) is 16.8. The molecule has 0 unspecified atom stereocenters. The van der Waals surface area contributed by atoms with Crippen LogP contribution in [0.1, 0.15) is 25.2 Å². The number of hydrogen-bond donors (Lipinski definition) is 1. The SMILES string of the molecule is COc1ccccc1N1C[C@@H](NC(=O)[C@@H](C)n2c(C)nc3ccccc32)CC1=O. The molecule has 1 aliphatic heterocycles. The summed E-state index contributed by atoms with van der Waals surface area (Å²) in [5, 5.41) is 3.04. The summed E-state index contributed by atoms with van der Waals surface area (Å²) in [7, 11) is 1.58. The molecule has 7 heteroatoms. The average Bonchev–Trinajstić information content (AvgIpc) is 3.25. The van der Waals surface area contributed by atoms with Crippen molar-refractivity contribution in [2.75, 3.05) is 18.6 Å². The summed E-state index contributed by atoms with van der Waals surface area (Å²) < 4.78 is 7.30. The number of fused-ring (bicyclic) bond motifs is 1. The molecule has 2 atom stereocenters. The number of amides is 2. The van der Waals surface area contributed by atoms with Gasteiger partial charge in [-0.05, 0) is 38.1 Å². The lowest BCUT2D eigenvalue weighted by Crippen LogP contribution is -2.40. The molecule has 0 spiro atoms. The number of carbonyl (C=O) groups is 2. The number of methoxy groups -OCH3 is 1. The smallest absolute Gasteiger partial charge is 0.243 e. The van der Waals surface area contributed by atoms with Crippen LogP contribution in [-0.2, 0) is 9.59 Å². The minimum absolute atomic E-state index is 0.0308. The third-order valence-electron chi connectivity index (χ3n) is 5.39. The van der Waals surface area contributed by atoms with Gasteiger partial charge in [0.25, 0.3) is 0 Å². The van der Waals surface area contributed by atoms with Gasteiger partial charge in [-0.3, -0.25) is 9.59 Å². The first-order valence-corrected chi connectivity index (χ1v) is 9.67. The van der Waals surface area contributed by atoms with Crippen molar-refractivity contribution in [3.05, 3.63) is 54.4 Å². The topological polar surface area (TPSA) is 76.5 Å². The summed E-state index contributed by atoms with van der Waals surface area (Å²) in [4.78, 5) is 31.7. The summed E-state index contributed by atoms with van der Waals surface area (Å²) >= 11 is 0. The molecule has 0 saturated carbocycles. The number of benzene rings is 2. The van der Waals surface area contributed by atoms with E-state index in [9.17, 15) is 9.59 Å². The highest BCUT2D eigenvalue weighted by Gasteiger charge is 2.34. The van der Waals surface area contributed by atoms with Crippen molar-refractivity contribution in [2.24, 2.45) is 0 Å². The summed E-state index contributed by atoms with van der Waals surface area (Å²) in [6.07, 6.45) is 0.264. The molecule has 1 fully saturated rings. The number of carbonyl (C=O) groups excluding carboxylic acids is 2. The summed E-state index contributed by atoms with van der Waals surface area (Å²) in [6, 6.07) is 14.5. The minimum atomic E-state index is -0.433. The van der Waals surface area contributed by atoms with Gasteiger partial charge in [0.1, 0.15) is 17.6 Å². The molecule has 2 amide bonds. The lowest BCUT2D eigenvalue weighted by Gasteiger charge is -2.21. The number of aryl methyl sites for hydroxylation is 1. The van der Waals surface area contributed by atoms with E-state index in [4.69, 9.17) is 4.74 Å². The van der Waals surface area contributed by atoms with Crippen LogP contribution >= 0.6 is 0 Å². The summed E-state index contributed by atoms with van der Waals surface area (Å²) in [5.74, 6) is 1.27. The van der Waals surface area contributed by atoms with Crippen LogP contribution in [0.25, 0.3) is 11.0 Å². The summed E-state index contributed by atoms with van der Waals surface area (Å²) in [5.41, 5.74) is 2.51. The van der Waals surface area contributed by atoms with Crippen molar-refractivity contribution in [1.82, 2.24) is 14.9 Å². The van der Waals surface area contributed by atoms with E-state index in [2.05, 4.69) is 10.3 Å². The van der Waals surface area contributed by atoms with Crippen LogP contribution in [0.15, 0.2) is 48.5 Å². The Morgan fingerprint density at radius 3 is 2.72 bits per heavy atom. The number of aromatic nitrogens is 2. The van der Waals surface area contributed by atoms with Gasteiger partial charge in [-0.2, -0.15) is 0 Å². The van der Waals surface area contributed by atoms with Gasteiger partial charge >= 0.3 is 0 Å². The molecule has 1 aliphatic rings. The predicted molar refractivity (Wildman–Crippen MR) is 111 cm³/mol. The fraction of sp³-hybridized carbons (Fsp3) is 0.318. The lowest BCUT2D eigenvalue weighted by atomic mass is 10.2. The maximum Gasteiger partial charge on any atom is 0.243 e. The van der Waals surface area contributed by atoms with E-state index in [0.717, 1.165) is 22.5 Å². The second-order valence-electron chi connectivity index (χ2n) is 7.28. The number of nitrogens with zero attached hydrogens (tertiary/aromatic N) is 3. The third-order valence-corrected chi connectivity index (χ3v) is 5.39. The Labute approximate surface area is 169 Å². The van der Waals surface area contributed by atoms with Crippen LogP contribution in [0.3, 0.4) is 0 Å². The summed E-state index contributed by atoms with van der Waals surface area (Å²) in [6.45, 7) is 4.17. The first kappa shape index (κ1) is 19.0. The first-order valence-electron chi connectivity index (χ1n) is 9.67. The van der Waals surface area contributed by atoms with E-state index in [1.165, 1.54) is 0 Å². The van der Waals surface area contributed by atoms with Gasteiger partial charge in [0.15, 0.2) is 0 Å². The van der Waals surface area contributed by atoms with E-state index in [1.54, 1.807) is 12.0 Å². The molecule has 1 aromatic heterocycles. The van der Waals surface area contributed by atoms with Crippen LogP contribution < -0.4 is 15.0 Å². The highest BCUT2D eigenvalue weighted by molar-refractivity contribution is 5.98.